The van der Waals surface area contributed by atoms with Crippen LogP contribution >= 0.6 is 0 Å². The quantitative estimate of drug-likeness (QED) is 0.243. The van der Waals surface area contributed by atoms with Gasteiger partial charge in [0.25, 0.3) is 0 Å². The van der Waals surface area contributed by atoms with E-state index in [0.717, 1.165) is 40.6 Å². The highest BCUT2D eigenvalue weighted by Crippen LogP contribution is 2.27. The first-order valence-corrected chi connectivity index (χ1v) is 11.7. The van der Waals surface area contributed by atoms with Gasteiger partial charge in [0.15, 0.2) is 8.07 Å². The van der Waals surface area contributed by atoms with E-state index in [1.54, 1.807) is 60.7 Å². The molecule has 0 bridgehead atoms. The van der Waals surface area contributed by atoms with Crippen LogP contribution in [0.3, 0.4) is 0 Å². The second kappa shape index (κ2) is 11.6. The fourth-order valence-electron chi connectivity index (χ4n) is 3.52. The van der Waals surface area contributed by atoms with Crippen molar-refractivity contribution in [3.05, 3.63) is 83.2 Å². The lowest BCUT2D eigenvalue weighted by molar-refractivity contribution is -0.138. The number of ether oxygens (including phenoxy) is 4. The normalized spacial score (nSPS) is 11.9. The molecular formula is C24H24O8Si. The van der Waals surface area contributed by atoms with Gasteiger partial charge in [-0.15, -0.1) is 0 Å². The number of carbonyl (C=O) groups excluding carboxylic acids is 4. The van der Waals surface area contributed by atoms with Crippen molar-refractivity contribution < 1.29 is 38.1 Å². The average Bonchev–Trinajstić information content (AvgIpc) is 2.87. The Kier molecular flexibility index (Phi) is 8.87. The molecular weight excluding hydrogens is 444 g/mol. The summed E-state index contributed by atoms with van der Waals surface area (Å²) in [6.45, 7) is 0. The molecule has 0 aliphatic rings. The number of esters is 4. The summed E-state index contributed by atoms with van der Waals surface area (Å²) >= 11 is 0. The standard InChI is InChI=1S/C24H24O8Si/c1-29-21(25)15-19(23(27)31-3)33(17-11-7-5-8-12-17,18-13-9-6-10-14-18)20(24(28)32-4)16-22(26)30-2/h5-16H,1-4H3. The molecule has 2 rings (SSSR count). The van der Waals surface area contributed by atoms with E-state index >= 15 is 0 Å². The number of methoxy groups -OCH3 is 4. The number of benzene rings is 2. The Morgan fingerprint density at radius 1 is 0.576 bits per heavy atom. The summed E-state index contributed by atoms with van der Waals surface area (Å²) in [5.74, 6) is -3.39. The van der Waals surface area contributed by atoms with Crippen LogP contribution in [-0.4, -0.2) is 60.4 Å². The smallest absolute Gasteiger partial charge is 0.331 e. The Bertz CT molecular complexity index is 987. The number of carbonyl (C=O) groups is 4. The Morgan fingerprint density at radius 2 is 0.909 bits per heavy atom. The first-order chi connectivity index (χ1) is 15.9. The highest BCUT2D eigenvalue weighted by molar-refractivity contribution is 7.16. The summed E-state index contributed by atoms with van der Waals surface area (Å²) in [6, 6.07) is 17.3. The summed E-state index contributed by atoms with van der Waals surface area (Å²) in [5.41, 5.74) is 0. The van der Waals surface area contributed by atoms with Gasteiger partial charge in [0.1, 0.15) is 0 Å². The van der Waals surface area contributed by atoms with Crippen LogP contribution in [0, 0.1) is 0 Å². The molecule has 2 aromatic rings. The summed E-state index contributed by atoms with van der Waals surface area (Å²) in [4.78, 5) is 51.1. The summed E-state index contributed by atoms with van der Waals surface area (Å²) in [5, 5.41) is 0.791. The van der Waals surface area contributed by atoms with Gasteiger partial charge in [0.05, 0.1) is 28.4 Å². The minimum Gasteiger partial charge on any atom is -0.466 e. The van der Waals surface area contributed by atoms with Gasteiger partial charge in [-0.25, -0.2) is 19.2 Å². The maximum absolute atomic E-state index is 13.2. The van der Waals surface area contributed by atoms with Crippen LogP contribution in [0.1, 0.15) is 0 Å². The molecule has 0 N–H and O–H groups in total. The lowest BCUT2D eigenvalue weighted by Crippen LogP contribution is -2.65. The molecule has 0 saturated carbocycles. The topological polar surface area (TPSA) is 105 Å². The number of rotatable bonds is 8. The molecule has 0 aliphatic carbocycles. The summed E-state index contributed by atoms with van der Waals surface area (Å²) in [7, 11) is 0.673. The third-order valence-corrected chi connectivity index (χ3v) is 9.67. The van der Waals surface area contributed by atoms with E-state index in [-0.39, 0.29) is 10.4 Å². The Hall–Kier alpha value is -3.98. The minimum atomic E-state index is -3.96. The van der Waals surface area contributed by atoms with Crippen molar-refractivity contribution in [1.82, 2.24) is 0 Å². The molecule has 0 spiro atoms. The van der Waals surface area contributed by atoms with Crippen molar-refractivity contribution in [3.8, 4) is 0 Å². The average molecular weight is 469 g/mol. The van der Waals surface area contributed by atoms with Crippen molar-refractivity contribution in [2.45, 2.75) is 0 Å². The maximum Gasteiger partial charge on any atom is 0.331 e. The van der Waals surface area contributed by atoms with Crippen molar-refractivity contribution in [2.24, 2.45) is 0 Å². The van der Waals surface area contributed by atoms with Crippen molar-refractivity contribution in [3.63, 3.8) is 0 Å². The molecule has 0 saturated heterocycles. The lowest BCUT2D eigenvalue weighted by atomic mass is 10.4. The molecule has 0 fully saturated rings. The van der Waals surface area contributed by atoms with E-state index in [4.69, 9.17) is 18.9 Å². The van der Waals surface area contributed by atoms with Gasteiger partial charge in [-0.3, -0.25) is 0 Å². The molecule has 0 aromatic heterocycles. The van der Waals surface area contributed by atoms with Crippen molar-refractivity contribution >= 4 is 42.3 Å². The predicted octanol–water partition coefficient (Wildman–Crippen LogP) is 0.873. The van der Waals surface area contributed by atoms with E-state index in [1.165, 1.54) is 0 Å². The zero-order chi connectivity index (χ0) is 24.4. The largest absolute Gasteiger partial charge is 0.466 e. The molecule has 0 amide bonds. The number of hydrogen-bond donors (Lipinski definition) is 0. The van der Waals surface area contributed by atoms with Gasteiger partial charge in [0, 0.05) is 22.5 Å². The SMILES string of the molecule is COC(=O)C=C(C(=O)OC)[Si](C(=CC(=O)OC)C(=O)OC)(c1ccccc1)c1ccccc1. The van der Waals surface area contributed by atoms with Gasteiger partial charge < -0.3 is 18.9 Å². The molecule has 0 unspecified atom stereocenters. The highest BCUT2D eigenvalue weighted by atomic mass is 28.3. The molecule has 33 heavy (non-hydrogen) atoms. The minimum absolute atomic E-state index is 0.130. The van der Waals surface area contributed by atoms with Crippen LogP contribution in [-0.2, 0) is 38.1 Å². The van der Waals surface area contributed by atoms with E-state index in [1.807, 2.05) is 0 Å². The Balaban J connectivity index is 3.21. The Morgan fingerprint density at radius 3 is 1.18 bits per heavy atom. The molecule has 0 heterocycles. The monoisotopic (exact) mass is 468 g/mol. The third-order valence-electron chi connectivity index (χ3n) is 4.96. The van der Waals surface area contributed by atoms with E-state index in [0.29, 0.717) is 10.4 Å². The molecule has 172 valence electrons. The van der Waals surface area contributed by atoms with Crippen LogP contribution in [0.2, 0.25) is 0 Å². The van der Waals surface area contributed by atoms with Crippen LogP contribution in [0.15, 0.2) is 83.2 Å². The van der Waals surface area contributed by atoms with Gasteiger partial charge in [0.2, 0.25) is 0 Å². The first-order valence-electron chi connectivity index (χ1n) is 9.74. The molecule has 9 heteroatoms. The second-order valence-corrected chi connectivity index (χ2v) is 10.4. The fraction of sp³-hybridized carbons (Fsp3) is 0.167. The molecule has 2 aromatic carbocycles. The van der Waals surface area contributed by atoms with Crippen molar-refractivity contribution in [2.75, 3.05) is 28.4 Å². The van der Waals surface area contributed by atoms with Crippen LogP contribution < -0.4 is 10.4 Å². The Labute approximate surface area is 192 Å². The van der Waals surface area contributed by atoms with Crippen LogP contribution in [0.5, 0.6) is 0 Å². The van der Waals surface area contributed by atoms with Gasteiger partial charge >= 0.3 is 23.9 Å². The van der Waals surface area contributed by atoms with E-state index in [9.17, 15) is 19.2 Å². The highest BCUT2D eigenvalue weighted by Gasteiger charge is 2.52. The third kappa shape index (κ3) is 5.26. The maximum atomic E-state index is 13.2. The summed E-state index contributed by atoms with van der Waals surface area (Å²) in [6.07, 6.45) is 1.98. The van der Waals surface area contributed by atoms with Crippen LogP contribution in [0.4, 0.5) is 0 Å². The van der Waals surface area contributed by atoms with Crippen LogP contribution in [0.25, 0.3) is 0 Å². The van der Waals surface area contributed by atoms with Gasteiger partial charge in [-0.05, 0) is 10.4 Å². The second-order valence-electron chi connectivity index (χ2n) is 6.63. The van der Waals surface area contributed by atoms with E-state index < -0.39 is 32.0 Å². The summed E-state index contributed by atoms with van der Waals surface area (Å²) < 4.78 is 19.6. The molecule has 0 atom stereocenters. The zero-order valence-corrected chi connectivity index (χ0v) is 19.7. The molecule has 8 nitrogen and oxygen atoms in total. The van der Waals surface area contributed by atoms with E-state index in [2.05, 4.69) is 0 Å². The van der Waals surface area contributed by atoms with Gasteiger partial charge in [-0.1, -0.05) is 60.7 Å². The molecule has 0 radical (unpaired) electrons. The molecule has 0 aliphatic heterocycles. The zero-order valence-electron chi connectivity index (χ0n) is 18.7. The first kappa shape index (κ1) is 25.3. The van der Waals surface area contributed by atoms with Crippen molar-refractivity contribution in [1.29, 1.82) is 0 Å². The lowest BCUT2D eigenvalue weighted by Gasteiger charge is -2.35. The van der Waals surface area contributed by atoms with Gasteiger partial charge in [-0.2, -0.15) is 0 Å². The fourth-order valence-corrected chi connectivity index (χ4v) is 8.26. The number of hydrogen-bond acceptors (Lipinski definition) is 8. The predicted molar refractivity (Wildman–Crippen MR) is 122 cm³/mol.